The molecule has 0 N–H and O–H groups in total. The zero-order valence-corrected chi connectivity index (χ0v) is 7.74. The molecule has 1 aromatic carbocycles. The average molecular weight is 223 g/mol. The number of thiol groups is 1. The van der Waals surface area contributed by atoms with Gasteiger partial charge in [-0.05, 0) is 6.92 Å². The first-order valence-electron chi connectivity index (χ1n) is 3.38. The highest BCUT2D eigenvalue weighted by Crippen LogP contribution is 2.32. The van der Waals surface area contributed by atoms with Gasteiger partial charge in [0.15, 0.2) is 11.6 Å². The van der Waals surface area contributed by atoms with Gasteiger partial charge >= 0.3 is 5.69 Å². The number of hydrogen-bond acceptors (Lipinski definition) is 3. The van der Waals surface area contributed by atoms with Crippen LogP contribution in [0.1, 0.15) is 5.56 Å². The molecule has 0 spiro atoms. The molecule has 1 aromatic rings. The average Bonchev–Trinajstić information content (AvgIpc) is 2.11. The van der Waals surface area contributed by atoms with E-state index in [2.05, 4.69) is 12.6 Å². The molecule has 0 aliphatic rings. The highest BCUT2D eigenvalue weighted by Gasteiger charge is 2.28. The van der Waals surface area contributed by atoms with Crippen molar-refractivity contribution in [1.82, 2.24) is 0 Å². The Kier molecular flexibility index (Phi) is 2.70. The molecule has 0 bridgehead atoms. The monoisotopic (exact) mass is 223 g/mol. The lowest BCUT2D eigenvalue weighted by molar-refractivity contribution is -0.390. The van der Waals surface area contributed by atoms with Crippen molar-refractivity contribution < 1.29 is 18.1 Å². The minimum atomic E-state index is -1.51. The molecule has 0 radical (unpaired) electrons. The van der Waals surface area contributed by atoms with E-state index < -0.39 is 38.5 Å². The third-order valence-corrected chi connectivity index (χ3v) is 2.08. The maximum Gasteiger partial charge on any atom is 0.321 e. The molecule has 0 saturated carbocycles. The Hall–Kier alpha value is -1.24. The van der Waals surface area contributed by atoms with Crippen LogP contribution in [-0.2, 0) is 0 Å². The Morgan fingerprint density at radius 3 is 2.14 bits per heavy atom. The smallest absolute Gasteiger partial charge is 0.258 e. The van der Waals surface area contributed by atoms with Crippen molar-refractivity contribution in [2.24, 2.45) is 0 Å². The minimum Gasteiger partial charge on any atom is -0.258 e. The second-order valence-electron chi connectivity index (χ2n) is 2.52. The van der Waals surface area contributed by atoms with E-state index in [1.54, 1.807) is 0 Å². The first-order chi connectivity index (χ1) is 6.37. The molecule has 14 heavy (non-hydrogen) atoms. The largest absolute Gasteiger partial charge is 0.321 e. The standard InChI is InChI=1S/C7H4F3NO2S/c1-2-3(8)5(10)7(14)6(4(2)9)11(12)13/h14H,1H3. The van der Waals surface area contributed by atoms with Gasteiger partial charge < -0.3 is 0 Å². The summed E-state index contributed by atoms with van der Waals surface area (Å²) in [6.07, 6.45) is 0. The van der Waals surface area contributed by atoms with Crippen LogP contribution >= 0.6 is 12.6 Å². The first-order valence-corrected chi connectivity index (χ1v) is 3.83. The van der Waals surface area contributed by atoms with Crippen LogP contribution in [0.3, 0.4) is 0 Å². The van der Waals surface area contributed by atoms with E-state index >= 15 is 0 Å². The molecular formula is C7H4F3NO2S. The van der Waals surface area contributed by atoms with Gasteiger partial charge in [-0.15, -0.1) is 12.6 Å². The van der Waals surface area contributed by atoms with Crippen molar-refractivity contribution in [3.63, 3.8) is 0 Å². The summed E-state index contributed by atoms with van der Waals surface area (Å²) in [5, 5.41) is 10.3. The molecule has 0 saturated heterocycles. The summed E-state index contributed by atoms with van der Waals surface area (Å²) in [5.41, 5.74) is -1.88. The minimum absolute atomic E-state index is 0.730. The lowest BCUT2D eigenvalue weighted by atomic mass is 10.2. The van der Waals surface area contributed by atoms with E-state index in [4.69, 9.17) is 0 Å². The van der Waals surface area contributed by atoms with E-state index in [1.165, 1.54) is 0 Å². The maximum atomic E-state index is 13.1. The summed E-state index contributed by atoms with van der Waals surface area (Å²) in [6, 6.07) is 0. The van der Waals surface area contributed by atoms with E-state index in [0.29, 0.717) is 0 Å². The number of hydrogen-bond donors (Lipinski definition) is 1. The SMILES string of the molecule is Cc1c(F)c(F)c(S)c([N+](=O)[O-])c1F. The van der Waals surface area contributed by atoms with Gasteiger partial charge in [0.1, 0.15) is 4.90 Å². The molecule has 76 valence electrons. The second-order valence-corrected chi connectivity index (χ2v) is 2.97. The topological polar surface area (TPSA) is 43.1 Å². The Bertz CT molecular complexity index is 393. The van der Waals surface area contributed by atoms with Crippen molar-refractivity contribution in [2.45, 2.75) is 11.8 Å². The summed E-state index contributed by atoms with van der Waals surface area (Å²) >= 11 is 3.34. The molecular weight excluding hydrogens is 219 g/mol. The van der Waals surface area contributed by atoms with Gasteiger partial charge in [-0.3, -0.25) is 10.1 Å². The van der Waals surface area contributed by atoms with Gasteiger partial charge in [-0.2, -0.15) is 4.39 Å². The Labute approximate surface area is 82.1 Å². The number of nitro groups is 1. The van der Waals surface area contributed by atoms with Crippen molar-refractivity contribution in [2.75, 3.05) is 0 Å². The number of rotatable bonds is 1. The lowest BCUT2D eigenvalue weighted by Gasteiger charge is -2.04. The van der Waals surface area contributed by atoms with Crippen LogP contribution in [0, 0.1) is 34.5 Å². The van der Waals surface area contributed by atoms with Gasteiger partial charge in [-0.25, -0.2) is 8.78 Å². The molecule has 0 aliphatic carbocycles. The Balaban J connectivity index is 3.68. The second kappa shape index (κ2) is 3.49. The van der Waals surface area contributed by atoms with Crippen molar-refractivity contribution in [3.8, 4) is 0 Å². The van der Waals surface area contributed by atoms with E-state index in [-0.39, 0.29) is 0 Å². The van der Waals surface area contributed by atoms with Gasteiger partial charge in [0.2, 0.25) is 5.82 Å². The van der Waals surface area contributed by atoms with Crippen LogP contribution in [0.15, 0.2) is 4.90 Å². The predicted molar refractivity (Wildman–Crippen MR) is 45.0 cm³/mol. The zero-order valence-electron chi connectivity index (χ0n) is 6.84. The summed E-state index contributed by atoms with van der Waals surface area (Å²) in [5.74, 6) is -4.38. The molecule has 3 nitrogen and oxygen atoms in total. The molecule has 0 unspecified atom stereocenters. The summed E-state index contributed by atoms with van der Waals surface area (Å²) < 4.78 is 38.7. The fourth-order valence-electron chi connectivity index (χ4n) is 0.917. The van der Waals surface area contributed by atoms with Gasteiger partial charge in [-0.1, -0.05) is 0 Å². The summed E-state index contributed by atoms with van der Waals surface area (Å²) in [4.78, 5) is 8.21. The van der Waals surface area contributed by atoms with Crippen LogP contribution in [0.5, 0.6) is 0 Å². The van der Waals surface area contributed by atoms with Crippen molar-refractivity contribution in [1.29, 1.82) is 0 Å². The third kappa shape index (κ3) is 1.43. The highest BCUT2D eigenvalue weighted by atomic mass is 32.1. The number of benzene rings is 1. The van der Waals surface area contributed by atoms with Crippen LogP contribution < -0.4 is 0 Å². The van der Waals surface area contributed by atoms with Gasteiger partial charge in [0, 0.05) is 5.56 Å². The van der Waals surface area contributed by atoms with E-state index in [9.17, 15) is 23.3 Å². The van der Waals surface area contributed by atoms with E-state index in [0.717, 1.165) is 6.92 Å². The molecule has 0 fully saturated rings. The number of nitro benzene ring substituents is 1. The van der Waals surface area contributed by atoms with Crippen LogP contribution in [0.4, 0.5) is 18.9 Å². The normalized spacial score (nSPS) is 10.4. The highest BCUT2D eigenvalue weighted by molar-refractivity contribution is 7.80. The molecule has 0 aliphatic heterocycles. The molecule has 0 atom stereocenters. The molecule has 0 aromatic heterocycles. The van der Waals surface area contributed by atoms with Crippen molar-refractivity contribution in [3.05, 3.63) is 33.1 Å². The van der Waals surface area contributed by atoms with Crippen LogP contribution in [-0.4, -0.2) is 4.92 Å². The number of halogens is 3. The quantitative estimate of drug-likeness (QED) is 0.344. The lowest BCUT2D eigenvalue weighted by Crippen LogP contribution is -2.03. The Morgan fingerprint density at radius 2 is 1.71 bits per heavy atom. The van der Waals surface area contributed by atoms with Gasteiger partial charge in [0.05, 0.1) is 4.92 Å². The fourth-order valence-corrected chi connectivity index (χ4v) is 1.20. The number of nitrogens with zero attached hydrogens (tertiary/aromatic N) is 1. The van der Waals surface area contributed by atoms with E-state index in [1.807, 2.05) is 0 Å². The molecule has 1 rings (SSSR count). The Morgan fingerprint density at radius 1 is 1.21 bits per heavy atom. The molecule has 7 heteroatoms. The molecule has 0 amide bonds. The van der Waals surface area contributed by atoms with Crippen LogP contribution in [0.25, 0.3) is 0 Å². The first kappa shape index (κ1) is 10.8. The van der Waals surface area contributed by atoms with Crippen LogP contribution in [0.2, 0.25) is 0 Å². The fraction of sp³-hybridized carbons (Fsp3) is 0.143. The predicted octanol–water partition coefficient (Wildman–Crippen LogP) is 2.61. The maximum absolute atomic E-state index is 13.1. The van der Waals surface area contributed by atoms with Crippen molar-refractivity contribution >= 4 is 18.3 Å². The molecule has 0 heterocycles. The summed E-state index contributed by atoms with van der Waals surface area (Å²) in [6.45, 7) is 0.911. The zero-order chi connectivity index (χ0) is 11.0. The van der Waals surface area contributed by atoms with Gasteiger partial charge in [0.25, 0.3) is 0 Å². The third-order valence-electron chi connectivity index (χ3n) is 1.67. The summed E-state index contributed by atoms with van der Waals surface area (Å²) in [7, 11) is 0.